The predicted molar refractivity (Wildman–Crippen MR) is 73.2 cm³/mol. The Kier molecular flexibility index (Phi) is 4.02. The topological polar surface area (TPSA) is 37.0 Å². The first kappa shape index (κ1) is 15.1. The molecule has 0 aliphatic heterocycles. The van der Waals surface area contributed by atoms with E-state index in [1.165, 1.54) is 25.2 Å². The molecule has 7 heteroatoms. The molecule has 0 bridgehead atoms. The van der Waals surface area contributed by atoms with Crippen LogP contribution in [-0.4, -0.2) is 12.0 Å². The average molecular weight is 299 g/mol. The van der Waals surface area contributed by atoms with E-state index < -0.39 is 17.6 Å². The molecule has 0 amide bonds. The summed E-state index contributed by atoms with van der Waals surface area (Å²) >= 11 is 0. The molecule has 1 heterocycles. The second kappa shape index (κ2) is 5.59. The standard InChI is InChI=1S/C14H13F4N3/c1-8-5-10(15)3-4-11(8)20-13-7-9(14(16,17)18)6-12(19-2)21-13/h3-7H,1-2H3,(H2,19,20,21). The Morgan fingerprint density at radius 1 is 1.05 bits per heavy atom. The Morgan fingerprint density at radius 3 is 2.29 bits per heavy atom. The predicted octanol–water partition coefficient (Wildman–Crippen LogP) is 4.33. The lowest BCUT2D eigenvalue weighted by Crippen LogP contribution is -2.08. The number of nitrogens with one attached hydrogen (secondary N) is 2. The van der Waals surface area contributed by atoms with E-state index in [1.54, 1.807) is 6.92 Å². The van der Waals surface area contributed by atoms with Gasteiger partial charge in [0.15, 0.2) is 0 Å². The van der Waals surface area contributed by atoms with Crippen LogP contribution >= 0.6 is 0 Å². The molecule has 112 valence electrons. The number of rotatable bonds is 3. The van der Waals surface area contributed by atoms with Crippen molar-refractivity contribution in [2.24, 2.45) is 0 Å². The van der Waals surface area contributed by atoms with Gasteiger partial charge in [-0.05, 0) is 42.8 Å². The summed E-state index contributed by atoms with van der Waals surface area (Å²) in [6, 6.07) is 5.79. The second-order valence-electron chi connectivity index (χ2n) is 4.46. The summed E-state index contributed by atoms with van der Waals surface area (Å²) in [6.45, 7) is 1.65. The number of anilines is 3. The van der Waals surface area contributed by atoms with Crippen LogP contribution in [0.2, 0.25) is 0 Å². The number of benzene rings is 1. The Hall–Kier alpha value is -2.31. The van der Waals surface area contributed by atoms with Crippen molar-refractivity contribution in [1.82, 2.24) is 4.98 Å². The highest BCUT2D eigenvalue weighted by atomic mass is 19.4. The molecule has 3 nitrogen and oxygen atoms in total. The van der Waals surface area contributed by atoms with Crippen molar-refractivity contribution in [3.8, 4) is 0 Å². The van der Waals surface area contributed by atoms with Crippen LogP contribution in [0.3, 0.4) is 0 Å². The van der Waals surface area contributed by atoms with E-state index in [4.69, 9.17) is 0 Å². The van der Waals surface area contributed by atoms with Gasteiger partial charge in [-0.25, -0.2) is 9.37 Å². The fourth-order valence-electron chi connectivity index (χ4n) is 1.79. The van der Waals surface area contributed by atoms with Crippen molar-refractivity contribution in [2.75, 3.05) is 17.7 Å². The summed E-state index contributed by atoms with van der Waals surface area (Å²) in [5.41, 5.74) is 0.245. The summed E-state index contributed by atoms with van der Waals surface area (Å²) in [6.07, 6.45) is -4.47. The van der Waals surface area contributed by atoms with E-state index in [9.17, 15) is 17.6 Å². The van der Waals surface area contributed by atoms with Crippen molar-refractivity contribution < 1.29 is 17.6 Å². The summed E-state index contributed by atoms with van der Waals surface area (Å²) < 4.78 is 51.5. The zero-order valence-electron chi connectivity index (χ0n) is 11.3. The van der Waals surface area contributed by atoms with E-state index in [0.29, 0.717) is 11.3 Å². The molecule has 0 atom stereocenters. The zero-order chi connectivity index (χ0) is 15.6. The third kappa shape index (κ3) is 3.62. The summed E-state index contributed by atoms with van der Waals surface area (Å²) in [7, 11) is 1.48. The third-order valence-electron chi connectivity index (χ3n) is 2.86. The molecule has 0 saturated heterocycles. The molecule has 0 unspecified atom stereocenters. The lowest BCUT2D eigenvalue weighted by Gasteiger charge is -2.13. The number of alkyl halides is 3. The van der Waals surface area contributed by atoms with Gasteiger partial charge in [0.05, 0.1) is 5.56 Å². The van der Waals surface area contributed by atoms with Crippen LogP contribution in [0.15, 0.2) is 30.3 Å². The van der Waals surface area contributed by atoms with Crippen molar-refractivity contribution in [3.05, 3.63) is 47.3 Å². The smallest absolute Gasteiger partial charge is 0.373 e. The van der Waals surface area contributed by atoms with Gasteiger partial charge >= 0.3 is 6.18 Å². The van der Waals surface area contributed by atoms with Gasteiger partial charge in [0.1, 0.15) is 17.5 Å². The minimum atomic E-state index is -4.47. The molecule has 0 fully saturated rings. The molecule has 2 N–H and O–H groups in total. The Balaban J connectivity index is 2.39. The third-order valence-corrected chi connectivity index (χ3v) is 2.86. The van der Waals surface area contributed by atoms with Crippen LogP contribution in [0.25, 0.3) is 0 Å². The quantitative estimate of drug-likeness (QED) is 0.828. The minimum Gasteiger partial charge on any atom is -0.373 e. The molecular formula is C14H13F4N3. The molecule has 1 aromatic heterocycles. The monoisotopic (exact) mass is 299 g/mol. The fourth-order valence-corrected chi connectivity index (χ4v) is 1.79. The van der Waals surface area contributed by atoms with Crippen LogP contribution < -0.4 is 10.6 Å². The van der Waals surface area contributed by atoms with Gasteiger partial charge in [-0.1, -0.05) is 0 Å². The van der Waals surface area contributed by atoms with Gasteiger partial charge in [-0.3, -0.25) is 0 Å². The van der Waals surface area contributed by atoms with Gasteiger partial charge in [0.2, 0.25) is 0 Å². The lowest BCUT2D eigenvalue weighted by molar-refractivity contribution is -0.137. The van der Waals surface area contributed by atoms with Crippen LogP contribution in [0.5, 0.6) is 0 Å². The number of pyridine rings is 1. The maximum Gasteiger partial charge on any atom is 0.416 e. The molecular weight excluding hydrogens is 286 g/mol. The van der Waals surface area contributed by atoms with Crippen molar-refractivity contribution in [3.63, 3.8) is 0 Å². The summed E-state index contributed by atoms with van der Waals surface area (Å²) in [5.74, 6) is -0.290. The van der Waals surface area contributed by atoms with Crippen LogP contribution in [0.4, 0.5) is 34.9 Å². The SMILES string of the molecule is CNc1cc(C(F)(F)F)cc(Nc2ccc(F)cc2C)n1. The van der Waals surface area contributed by atoms with E-state index in [-0.39, 0.29) is 11.6 Å². The molecule has 0 spiro atoms. The second-order valence-corrected chi connectivity index (χ2v) is 4.46. The lowest BCUT2D eigenvalue weighted by atomic mass is 10.2. The number of halogens is 4. The number of hydrogen-bond donors (Lipinski definition) is 2. The molecule has 1 aromatic carbocycles. The number of nitrogens with zero attached hydrogens (tertiary/aromatic N) is 1. The molecule has 2 aromatic rings. The molecule has 2 rings (SSSR count). The van der Waals surface area contributed by atoms with Crippen LogP contribution in [-0.2, 0) is 6.18 Å². The number of aryl methyl sites for hydroxylation is 1. The number of aromatic nitrogens is 1. The minimum absolute atomic E-state index is 0.0314. The van der Waals surface area contributed by atoms with Gasteiger partial charge in [-0.2, -0.15) is 13.2 Å². The highest BCUT2D eigenvalue weighted by Crippen LogP contribution is 2.33. The van der Waals surface area contributed by atoms with Gasteiger partial charge in [0.25, 0.3) is 0 Å². The summed E-state index contributed by atoms with van der Waals surface area (Å²) in [4.78, 5) is 4.01. The van der Waals surface area contributed by atoms with E-state index in [1.807, 2.05) is 0 Å². The molecule has 0 aliphatic rings. The Bertz CT molecular complexity index is 653. The van der Waals surface area contributed by atoms with E-state index in [0.717, 1.165) is 12.1 Å². The molecule has 21 heavy (non-hydrogen) atoms. The Morgan fingerprint density at radius 2 is 1.71 bits per heavy atom. The van der Waals surface area contributed by atoms with Crippen molar-refractivity contribution in [1.29, 1.82) is 0 Å². The van der Waals surface area contributed by atoms with Crippen LogP contribution in [0.1, 0.15) is 11.1 Å². The first-order valence-corrected chi connectivity index (χ1v) is 6.10. The zero-order valence-corrected chi connectivity index (χ0v) is 11.3. The first-order chi connectivity index (χ1) is 9.79. The average Bonchev–Trinajstić information content (AvgIpc) is 2.40. The fraction of sp³-hybridized carbons (Fsp3) is 0.214. The maximum atomic E-state index is 13.0. The highest BCUT2D eigenvalue weighted by molar-refractivity contribution is 5.62. The van der Waals surface area contributed by atoms with Gasteiger partial charge in [0, 0.05) is 12.7 Å². The number of hydrogen-bond acceptors (Lipinski definition) is 3. The highest BCUT2D eigenvalue weighted by Gasteiger charge is 2.31. The summed E-state index contributed by atoms with van der Waals surface area (Å²) in [5, 5.41) is 5.35. The van der Waals surface area contributed by atoms with Crippen LogP contribution in [0, 0.1) is 12.7 Å². The van der Waals surface area contributed by atoms with Gasteiger partial charge < -0.3 is 10.6 Å². The molecule has 0 aliphatic carbocycles. The van der Waals surface area contributed by atoms with E-state index >= 15 is 0 Å². The Labute approximate surface area is 119 Å². The largest absolute Gasteiger partial charge is 0.416 e. The van der Waals surface area contributed by atoms with Crippen molar-refractivity contribution >= 4 is 17.3 Å². The normalized spacial score (nSPS) is 11.3. The van der Waals surface area contributed by atoms with E-state index in [2.05, 4.69) is 15.6 Å². The molecule has 0 saturated carbocycles. The van der Waals surface area contributed by atoms with Gasteiger partial charge in [-0.15, -0.1) is 0 Å². The first-order valence-electron chi connectivity index (χ1n) is 6.10. The van der Waals surface area contributed by atoms with Crippen molar-refractivity contribution in [2.45, 2.75) is 13.1 Å². The maximum absolute atomic E-state index is 13.0. The molecule has 0 radical (unpaired) electrons.